The molecule has 1 amide bonds. The molecule has 1 heterocycles. The molecule has 18 heavy (non-hydrogen) atoms. The zero-order valence-corrected chi connectivity index (χ0v) is 12.2. The lowest BCUT2D eigenvalue weighted by Crippen LogP contribution is -2.30. The number of amides is 1. The van der Waals surface area contributed by atoms with Crippen LogP contribution in [-0.4, -0.2) is 40.6 Å². The van der Waals surface area contributed by atoms with Crippen LogP contribution in [0, 0.1) is 0 Å². The van der Waals surface area contributed by atoms with E-state index in [2.05, 4.69) is 4.98 Å². The van der Waals surface area contributed by atoms with Crippen LogP contribution >= 0.6 is 34.8 Å². The van der Waals surface area contributed by atoms with Gasteiger partial charge in [0, 0.05) is 19.8 Å². The van der Waals surface area contributed by atoms with Crippen LogP contribution in [0.1, 0.15) is 23.8 Å². The number of aliphatic hydroxyl groups excluding tert-OH is 1. The number of aliphatic hydroxyl groups is 1. The molecule has 0 aliphatic heterocycles. The monoisotopic (exact) mass is 310 g/mol. The molecule has 7 heteroatoms. The third kappa shape index (κ3) is 3.72. The second-order valence-electron chi connectivity index (χ2n) is 3.95. The highest BCUT2D eigenvalue weighted by molar-refractivity contribution is 6.48. The van der Waals surface area contributed by atoms with Crippen LogP contribution in [0.2, 0.25) is 15.1 Å². The van der Waals surface area contributed by atoms with Gasteiger partial charge >= 0.3 is 0 Å². The normalized spacial score (nSPS) is 12.3. The Morgan fingerprint density at radius 3 is 2.61 bits per heavy atom. The molecule has 1 rings (SSSR count). The molecule has 0 aliphatic carbocycles. The van der Waals surface area contributed by atoms with Crippen LogP contribution < -0.4 is 0 Å². The van der Waals surface area contributed by atoms with E-state index in [0.717, 1.165) is 0 Å². The van der Waals surface area contributed by atoms with Gasteiger partial charge < -0.3 is 10.0 Å². The Morgan fingerprint density at radius 1 is 1.44 bits per heavy atom. The summed E-state index contributed by atoms with van der Waals surface area (Å²) in [4.78, 5) is 17.3. The van der Waals surface area contributed by atoms with Gasteiger partial charge in [0.1, 0.15) is 5.69 Å². The van der Waals surface area contributed by atoms with E-state index in [1.807, 2.05) is 0 Å². The zero-order chi connectivity index (χ0) is 13.9. The molecule has 0 spiro atoms. The highest BCUT2D eigenvalue weighted by Gasteiger charge is 2.20. The SMILES string of the molecule is CC(O)CCN(C)C(=O)c1ncc(Cl)c(Cl)c1Cl. The second kappa shape index (κ2) is 6.57. The Hall–Kier alpha value is -0.550. The Morgan fingerprint density at radius 2 is 2.06 bits per heavy atom. The van der Waals surface area contributed by atoms with Gasteiger partial charge in [-0.2, -0.15) is 0 Å². The van der Waals surface area contributed by atoms with Gasteiger partial charge in [-0.1, -0.05) is 34.8 Å². The van der Waals surface area contributed by atoms with Crippen LogP contribution in [-0.2, 0) is 0 Å². The Balaban J connectivity index is 2.87. The molecule has 0 fully saturated rings. The first-order valence-electron chi connectivity index (χ1n) is 5.27. The van der Waals surface area contributed by atoms with E-state index in [0.29, 0.717) is 13.0 Å². The smallest absolute Gasteiger partial charge is 0.273 e. The highest BCUT2D eigenvalue weighted by atomic mass is 35.5. The molecule has 0 aromatic carbocycles. The van der Waals surface area contributed by atoms with Crippen molar-refractivity contribution in [2.75, 3.05) is 13.6 Å². The summed E-state index contributed by atoms with van der Waals surface area (Å²) >= 11 is 17.5. The van der Waals surface area contributed by atoms with Gasteiger partial charge in [-0.15, -0.1) is 0 Å². The standard InChI is InChI=1S/C11H13Cl3N2O2/c1-6(17)3-4-16(2)11(18)10-9(14)8(13)7(12)5-15-10/h5-6,17H,3-4H2,1-2H3. The lowest BCUT2D eigenvalue weighted by molar-refractivity contribution is 0.0763. The Kier molecular flexibility index (Phi) is 5.66. The molecule has 0 saturated carbocycles. The largest absolute Gasteiger partial charge is 0.393 e. The molecular formula is C11H13Cl3N2O2. The predicted molar refractivity (Wildman–Crippen MR) is 72.5 cm³/mol. The predicted octanol–water partition coefficient (Wildman–Crippen LogP) is 2.88. The maximum atomic E-state index is 12.0. The fraction of sp³-hybridized carbons (Fsp3) is 0.455. The minimum Gasteiger partial charge on any atom is -0.393 e. The van der Waals surface area contributed by atoms with E-state index in [1.165, 1.54) is 11.1 Å². The summed E-state index contributed by atoms with van der Waals surface area (Å²) in [5, 5.41) is 9.52. The van der Waals surface area contributed by atoms with Crippen LogP contribution in [0.5, 0.6) is 0 Å². The fourth-order valence-electron chi connectivity index (χ4n) is 1.26. The highest BCUT2D eigenvalue weighted by Crippen LogP contribution is 2.31. The first kappa shape index (κ1) is 15.5. The summed E-state index contributed by atoms with van der Waals surface area (Å²) in [6.45, 7) is 2.05. The summed E-state index contributed by atoms with van der Waals surface area (Å²) in [5.74, 6) is -0.362. The van der Waals surface area contributed by atoms with E-state index < -0.39 is 6.10 Å². The van der Waals surface area contributed by atoms with Crippen molar-refractivity contribution in [3.8, 4) is 0 Å². The quantitative estimate of drug-likeness (QED) is 0.930. The lowest BCUT2D eigenvalue weighted by atomic mass is 10.2. The third-order valence-electron chi connectivity index (χ3n) is 2.35. The molecule has 0 aliphatic rings. The van der Waals surface area contributed by atoms with Gasteiger partial charge in [0.05, 0.1) is 21.2 Å². The molecular weight excluding hydrogens is 298 g/mol. The van der Waals surface area contributed by atoms with Crippen LogP contribution in [0.3, 0.4) is 0 Å². The molecule has 1 unspecified atom stereocenters. The van der Waals surface area contributed by atoms with Gasteiger partial charge in [-0.05, 0) is 13.3 Å². The summed E-state index contributed by atoms with van der Waals surface area (Å²) in [5.41, 5.74) is 0.0548. The third-order valence-corrected chi connectivity index (χ3v) is 3.59. The number of halogens is 3. The number of nitrogens with zero attached hydrogens (tertiary/aromatic N) is 2. The minimum absolute atomic E-state index is 0.0399. The number of rotatable bonds is 4. The maximum absolute atomic E-state index is 12.0. The van der Waals surface area contributed by atoms with Crippen LogP contribution in [0.15, 0.2) is 6.20 Å². The van der Waals surface area contributed by atoms with E-state index in [9.17, 15) is 9.90 Å². The van der Waals surface area contributed by atoms with Crippen molar-refractivity contribution in [3.05, 3.63) is 27.0 Å². The van der Waals surface area contributed by atoms with Crippen LogP contribution in [0.4, 0.5) is 0 Å². The van der Waals surface area contributed by atoms with E-state index in [4.69, 9.17) is 34.8 Å². The molecule has 1 N–H and O–H groups in total. The Bertz CT molecular complexity index is 452. The van der Waals surface area contributed by atoms with Crippen LogP contribution in [0.25, 0.3) is 0 Å². The molecule has 1 aromatic rings. The summed E-state index contributed by atoms with van der Waals surface area (Å²) in [6.07, 6.45) is 1.28. The maximum Gasteiger partial charge on any atom is 0.273 e. The van der Waals surface area contributed by atoms with E-state index in [-0.39, 0.29) is 26.7 Å². The van der Waals surface area contributed by atoms with Crippen molar-refractivity contribution in [1.29, 1.82) is 0 Å². The topological polar surface area (TPSA) is 53.4 Å². The van der Waals surface area contributed by atoms with E-state index >= 15 is 0 Å². The average Bonchev–Trinajstić information content (AvgIpc) is 2.32. The van der Waals surface area contributed by atoms with E-state index in [1.54, 1.807) is 14.0 Å². The van der Waals surface area contributed by atoms with Gasteiger partial charge in [0.25, 0.3) is 5.91 Å². The van der Waals surface area contributed by atoms with Gasteiger partial charge in [-0.25, -0.2) is 4.98 Å². The van der Waals surface area contributed by atoms with Crippen molar-refractivity contribution in [1.82, 2.24) is 9.88 Å². The van der Waals surface area contributed by atoms with Gasteiger partial charge in [0.15, 0.2) is 0 Å². The minimum atomic E-state index is -0.475. The van der Waals surface area contributed by atoms with Gasteiger partial charge in [0.2, 0.25) is 0 Å². The lowest BCUT2D eigenvalue weighted by Gasteiger charge is -2.18. The first-order valence-corrected chi connectivity index (χ1v) is 6.41. The zero-order valence-electron chi connectivity index (χ0n) is 9.95. The van der Waals surface area contributed by atoms with Crippen molar-refractivity contribution in [3.63, 3.8) is 0 Å². The summed E-state index contributed by atoms with van der Waals surface area (Å²) in [7, 11) is 1.60. The first-order chi connectivity index (χ1) is 8.34. The summed E-state index contributed by atoms with van der Waals surface area (Å²) < 4.78 is 0. The number of aromatic nitrogens is 1. The molecule has 0 bridgehead atoms. The summed E-state index contributed by atoms with van der Waals surface area (Å²) in [6, 6.07) is 0. The number of carbonyl (C=O) groups excluding carboxylic acids is 1. The molecule has 0 saturated heterocycles. The second-order valence-corrected chi connectivity index (χ2v) is 5.11. The Labute approximate surface area is 120 Å². The molecule has 0 radical (unpaired) electrons. The molecule has 100 valence electrons. The van der Waals surface area contributed by atoms with Crippen molar-refractivity contribution in [2.24, 2.45) is 0 Å². The molecule has 1 atom stereocenters. The fourth-order valence-corrected chi connectivity index (χ4v) is 1.82. The number of pyridine rings is 1. The van der Waals surface area contributed by atoms with Gasteiger partial charge in [-0.3, -0.25) is 4.79 Å². The number of carbonyl (C=O) groups is 1. The number of hydrogen-bond acceptors (Lipinski definition) is 3. The average molecular weight is 312 g/mol. The van der Waals surface area contributed by atoms with Crippen molar-refractivity contribution < 1.29 is 9.90 Å². The number of hydrogen-bond donors (Lipinski definition) is 1. The van der Waals surface area contributed by atoms with Crippen molar-refractivity contribution >= 4 is 40.7 Å². The molecule has 4 nitrogen and oxygen atoms in total. The molecule has 1 aromatic heterocycles. The van der Waals surface area contributed by atoms with Crippen molar-refractivity contribution in [2.45, 2.75) is 19.4 Å².